The molecule has 5 aromatic rings. The van der Waals surface area contributed by atoms with E-state index >= 15 is 0 Å². The van der Waals surface area contributed by atoms with Gasteiger partial charge in [-0.1, -0.05) is 19.1 Å². The second-order valence-corrected chi connectivity index (χ2v) is 8.39. The maximum Gasteiger partial charge on any atom is 0.251 e. The number of nitrogens with one attached hydrogen (secondary N) is 3. The Morgan fingerprint density at radius 2 is 1.89 bits per heavy atom. The van der Waals surface area contributed by atoms with Gasteiger partial charge < -0.3 is 20.4 Å². The smallest absolute Gasteiger partial charge is 0.251 e. The van der Waals surface area contributed by atoms with Crippen LogP contribution in [0.3, 0.4) is 0 Å². The fourth-order valence-electron chi connectivity index (χ4n) is 4.37. The van der Waals surface area contributed by atoms with Crippen LogP contribution in [0.1, 0.15) is 17.3 Å². The highest BCUT2D eigenvalue weighted by Crippen LogP contribution is 2.41. The molecular formula is C27H28N6O2. The minimum absolute atomic E-state index is 0.0843. The number of benzene rings is 2. The van der Waals surface area contributed by atoms with Gasteiger partial charge in [0.1, 0.15) is 5.75 Å². The molecule has 0 unspecified atom stereocenters. The molecule has 8 heteroatoms. The largest absolute Gasteiger partial charge is 0.496 e. The lowest BCUT2D eigenvalue weighted by molar-refractivity contribution is 0.0954. The molecule has 0 fully saturated rings. The fraction of sp³-hybridized carbons (Fsp3) is 0.222. The zero-order chi connectivity index (χ0) is 24.4. The van der Waals surface area contributed by atoms with Gasteiger partial charge in [-0.2, -0.15) is 5.10 Å². The molecule has 3 aromatic heterocycles. The molecule has 0 aliphatic heterocycles. The van der Waals surface area contributed by atoms with Gasteiger partial charge in [0.15, 0.2) is 0 Å². The standard InChI is InChI=1S/C27H28N6O2/c1-4-28-11-12-29-27(34)18-7-5-17(6-8-18)25-24(35-3)10-9-21-26(25)20-13-22(30-15-23(20)32-21)19-14-31-33(2)16-19/h5-10,13-16,28,32H,4,11-12H2,1-3H3,(H,29,34). The number of pyridine rings is 1. The molecule has 8 nitrogen and oxygen atoms in total. The van der Waals surface area contributed by atoms with Crippen molar-refractivity contribution in [3.63, 3.8) is 0 Å². The van der Waals surface area contributed by atoms with Crippen molar-refractivity contribution in [2.75, 3.05) is 26.7 Å². The van der Waals surface area contributed by atoms with Crippen molar-refractivity contribution in [1.29, 1.82) is 0 Å². The van der Waals surface area contributed by atoms with Crippen LogP contribution in [-0.2, 0) is 7.05 Å². The number of likely N-dealkylation sites (N-methyl/N-ethyl adjacent to an activating group) is 1. The van der Waals surface area contributed by atoms with Crippen molar-refractivity contribution in [3.8, 4) is 28.1 Å². The van der Waals surface area contributed by atoms with Crippen molar-refractivity contribution >= 4 is 27.7 Å². The van der Waals surface area contributed by atoms with Gasteiger partial charge in [-0.15, -0.1) is 0 Å². The zero-order valence-corrected chi connectivity index (χ0v) is 20.1. The van der Waals surface area contributed by atoms with Crippen LogP contribution in [0.4, 0.5) is 0 Å². The minimum atomic E-state index is -0.0843. The third-order valence-electron chi connectivity index (χ3n) is 6.10. The number of rotatable bonds is 8. The molecule has 2 aromatic carbocycles. The first-order chi connectivity index (χ1) is 17.1. The summed E-state index contributed by atoms with van der Waals surface area (Å²) in [6.07, 6.45) is 5.62. The van der Waals surface area contributed by atoms with Crippen molar-refractivity contribution < 1.29 is 9.53 Å². The number of hydrogen-bond acceptors (Lipinski definition) is 5. The predicted octanol–water partition coefficient (Wildman–Crippen LogP) is 4.13. The minimum Gasteiger partial charge on any atom is -0.496 e. The molecule has 0 radical (unpaired) electrons. The molecule has 0 spiro atoms. The molecule has 35 heavy (non-hydrogen) atoms. The number of fused-ring (bicyclic) bond motifs is 3. The van der Waals surface area contributed by atoms with E-state index in [-0.39, 0.29) is 5.91 Å². The summed E-state index contributed by atoms with van der Waals surface area (Å²) in [5, 5.41) is 12.5. The second-order valence-electron chi connectivity index (χ2n) is 8.39. The number of nitrogens with zero attached hydrogens (tertiary/aromatic N) is 3. The van der Waals surface area contributed by atoms with Crippen molar-refractivity contribution in [3.05, 3.63) is 66.6 Å². The van der Waals surface area contributed by atoms with Crippen LogP contribution in [0.2, 0.25) is 0 Å². The van der Waals surface area contributed by atoms with Gasteiger partial charge in [0.2, 0.25) is 0 Å². The van der Waals surface area contributed by atoms with E-state index in [1.54, 1.807) is 11.8 Å². The number of aromatic nitrogens is 4. The molecule has 0 saturated heterocycles. The maximum absolute atomic E-state index is 12.5. The van der Waals surface area contributed by atoms with Crippen LogP contribution in [0.25, 0.3) is 44.2 Å². The molecule has 178 valence electrons. The normalized spacial score (nSPS) is 11.3. The molecule has 0 bridgehead atoms. The monoisotopic (exact) mass is 468 g/mol. The van der Waals surface area contributed by atoms with Gasteiger partial charge in [0, 0.05) is 59.3 Å². The molecule has 3 heterocycles. The average Bonchev–Trinajstić information content (AvgIpc) is 3.49. The molecule has 3 N–H and O–H groups in total. The van der Waals surface area contributed by atoms with Crippen LogP contribution in [0.5, 0.6) is 5.75 Å². The Hall–Kier alpha value is -4.17. The molecular weight excluding hydrogens is 440 g/mol. The number of carbonyl (C=O) groups is 1. The summed E-state index contributed by atoms with van der Waals surface area (Å²) in [7, 11) is 3.57. The Morgan fingerprint density at radius 1 is 1.06 bits per heavy atom. The Balaban J connectivity index is 1.57. The van der Waals surface area contributed by atoms with Gasteiger partial charge in [0.25, 0.3) is 5.91 Å². The number of aromatic amines is 1. The lowest BCUT2D eigenvalue weighted by Crippen LogP contribution is -2.31. The van der Waals surface area contributed by atoms with E-state index in [0.717, 1.165) is 63.0 Å². The number of ether oxygens (including phenoxy) is 1. The summed E-state index contributed by atoms with van der Waals surface area (Å²) in [6.45, 7) is 4.25. The SMILES string of the molecule is CCNCCNC(=O)c1ccc(-c2c(OC)ccc3[nH]c4cnc(-c5cnn(C)c5)cc4c23)cc1. The van der Waals surface area contributed by atoms with E-state index in [1.807, 2.05) is 69.0 Å². The number of amides is 1. The van der Waals surface area contributed by atoms with Crippen LogP contribution >= 0.6 is 0 Å². The first-order valence-electron chi connectivity index (χ1n) is 11.7. The van der Waals surface area contributed by atoms with Gasteiger partial charge in [-0.25, -0.2) is 0 Å². The van der Waals surface area contributed by atoms with Crippen LogP contribution in [0, 0.1) is 0 Å². The van der Waals surface area contributed by atoms with E-state index < -0.39 is 0 Å². The average molecular weight is 469 g/mol. The summed E-state index contributed by atoms with van der Waals surface area (Å²) in [5.41, 5.74) is 6.31. The fourth-order valence-corrected chi connectivity index (χ4v) is 4.37. The Bertz CT molecular complexity index is 1500. The van der Waals surface area contributed by atoms with Crippen molar-refractivity contribution in [2.24, 2.45) is 7.05 Å². The quantitative estimate of drug-likeness (QED) is 0.298. The maximum atomic E-state index is 12.5. The first kappa shape index (κ1) is 22.6. The zero-order valence-electron chi connectivity index (χ0n) is 20.1. The highest BCUT2D eigenvalue weighted by Gasteiger charge is 2.17. The number of methoxy groups -OCH3 is 1. The molecule has 1 amide bonds. The van der Waals surface area contributed by atoms with E-state index in [2.05, 4.69) is 31.8 Å². The third kappa shape index (κ3) is 4.36. The molecule has 0 aliphatic carbocycles. The predicted molar refractivity (Wildman–Crippen MR) is 139 cm³/mol. The summed E-state index contributed by atoms with van der Waals surface area (Å²) in [5.74, 6) is 0.680. The Morgan fingerprint density at radius 3 is 2.60 bits per heavy atom. The van der Waals surface area contributed by atoms with Gasteiger partial charge >= 0.3 is 0 Å². The van der Waals surface area contributed by atoms with Crippen molar-refractivity contribution in [2.45, 2.75) is 6.92 Å². The van der Waals surface area contributed by atoms with Crippen LogP contribution < -0.4 is 15.4 Å². The van der Waals surface area contributed by atoms with E-state index in [9.17, 15) is 4.79 Å². The first-order valence-corrected chi connectivity index (χ1v) is 11.7. The third-order valence-corrected chi connectivity index (χ3v) is 6.10. The molecule has 0 saturated carbocycles. The van der Waals surface area contributed by atoms with E-state index in [0.29, 0.717) is 12.1 Å². The lowest BCUT2D eigenvalue weighted by atomic mass is 9.97. The van der Waals surface area contributed by atoms with Gasteiger partial charge in [0.05, 0.1) is 30.7 Å². The summed E-state index contributed by atoms with van der Waals surface area (Å²) in [4.78, 5) is 20.6. The molecule has 0 atom stereocenters. The Labute approximate surface area is 203 Å². The summed E-state index contributed by atoms with van der Waals surface area (Å²) >= 11 is 0. The summed E-state index contributed by atoms with van der Waals surface area (Å²) < 4.78 is 7.54. The number of hydrogen-bond donors (Lipinski definition) is 3. The highest BCUT2D eigenvalue weighted by atomic mass is 16.5. The highest BCUT2D eigenvalue weighted by molar-refractivity contribution is 6.16. The Kier molecular flexibility index (Phi) is 6.20. The second kappa shape index (κ2) is 9.60. The molecule has 0 aliphatic rings. The van der Waals surface area contributed by atoms with Crippen molar-refractivity contribution in [1.82, 2.24) is 30.4 Å². The summed E-state index contributed by atoms with van der Waals surface area (Å²) in [6, 6.07) is 13.7. The molecule has 5 rings (SSSR count). The van der Waals surface area contributed by atoms with Crippen LogP contribution in [0.15, 0.2) is 61.1 Å². The van der Waals surface area contributed by atoms with E-state index in [4.69, 9.17) is 4.74 Å². The number of aryl methyl sites for hydroxylation is 1. The van der Waals surface area contributed by atoms with Gasteiger partial charge in [-0.05, 0) is 42.4 Å². The van der Waals surface area contributed by atoms with Crippen LogP contribution in [-0.4, -0.2) is 52.4 Å². The topological polar surface area (TPSA) is 96.9 Å². The lowest BCUT2D eigenvalue weighted by Gasteiger charge is -2.12. The van der Waals surface area contributed by atoms with Gasteiger partial charge in [-0.3, -0.25) is 14.5 Å². The number of H-pyrrole nitrogens is 1. The number of carbonyl (C=O) groups excluding carboxylic acids is 1. The van der Waals surface area contributed by atoms with E-state index in [1.165, 1.54) is 0 Å².